The van der Waals surface area contributed by atoms with Gasteiger partial charge in [-0.25, -0.2) is 26.3 Å². The Bertz CT molecular complexity index is 4620. The molecule has 41 heteroatoms. The van der Waals surface area contributed by atoms with Gasteiger partial charge in [-0.3, -0.25) is 38.4 Å². The standard InChI is InChI=1S/C44H65N6O13S.C34H56N3O13.C10H11N3OS.CH4/c1-12-34-44(9,54)40-25(4)36(47-50(55)56)23(2)19-43(8,58-21-29(20-57-40)48-59-22-30-16-17-33(64-30)31-14-13-15-35(45)46-31)39(26(5)37(52)27(6)41(53)62-34)63-42-38(61-28(7)51)32(49(10)11)18-24(3)60-42;1-12-25-34(9,42)30-19(4)26(35-37(43)44)17(2)14-33(8,46-16-23(39)15-45-30)29(20(5)27(40)21(6)31(41)49-25)50-32-28(48-22(7)38)24(36(10)11)13-18(3)47-32;11-10-3-1-2-8(13-10)9-5-4-7(15-9)6-14-12;/h13-17,23-27,32,34,38-40,42,54H,12,18-22H2,1-11H3,(H2,45,46)(H,55,56);17-21,24-25,28-30,32,42H,12-16H2,1-11H3,(H,43,44);1-5H,6,12H2,(H2,11,13);1H4/q2*+1;;/b47-36+,48-29+;35-26+;;/t23-,24-,25+,26+,27-,32+,34-,38-,39-,40-,42+,43-,44-;17-,18-,19+,20+,21-,24+,25-,28-,29-,30-,32+,33-,34-;;/m11../s1. The van der Waals surface area contributed by atoms with Gasteiger partial charge in [0.2, 0.25) is 0 Å². The Morgan fingerprint density at radius 1 is 0.569 bits per heavy atom. The van der Waals surface area contributed by atoms with Crippen LogP contribution < -0.4 is 17.4 Å². The van der Waals surface area contributed by atoms with Crippen LogP contribution in [0.1, 0.15) is 180 Å². The summed E-state index contributed by atoms with van der Waals surface area (Å²) in [6.07, 6.45) is -11.4. The molecule has 130 heavy (non-hydrogen) atoms. The second kappa shape index (κ2) is 47.2. The van der Waals surface area contributed by atoms with E-state index in [1.807, 2.05) is 100 Å². The second-order valence-corrected chi connectivity index (χ2v) is 37.9. The summed E-state index contributed by atoms with van der Waals surface area (Å²) in [5.74, 6) is -6.88. The number of hydrogen-bond acceptors (Lipinski definition) is 35. The number of ketones is 3. The van der Waals surface area contributed by atoms with E-state index in [-0.39, 0.29) is 94.4 Å². The number of nitrogen functional groups attached to an aromatic ring is 2. The first-order chi connectivity index (χ1) is 60.5. The summed E-state index contributed by atoms with van der Waals surface area (Å²) in [6, 6.07) is 18.0. The van der Waals surface area contributed by atoms with Gasteiger partial charge in [-0.15, -0.1) is 22.7 Å². The minimum Gasteiger partial charge on any atom is -0.459 e. The Balaban J connectivity index is 0.000000309. The molecule has 6 fully saturated rings. The highest BCUT2D eigenvalue weighted by Gasteiger charge is 2.58. The molecule has 26 atom stereocenters. The second-order valence-electron chi connectivity index (χ2n) is 35.6. The molecule has 0 spiro atoms. The molecule has 6 aliphatic rings. The highest BCUT2D eigenvalue weighted by molar-refractivity contribution is 7.15. The lowest BCUT2D eigenvalue weighted by atomic mass is 9.73. The van der Waals surface area contributed by atoms with Crippen molar-refractivity contribution in [1.29, 1.82) is 0 Å². The van der Waals surface area contributed by atoms with E-state index in [1.165, 1.54) is 52.9 Å². The maximum absolute atomic E-state index is 14.6. The number of aromatic nitrogens is 2. The first kappa shape index (κ1) is 108. The summed E-state index contributed by atoms with van der Waals surface area (Å²) < 4.78 is 75.4. The first-order valence-corrected chi connectivity index (χ1v) is 45.0. The number of nitrogens with zero attached hydrogens (tertiary/aromatic N) is 9. The number of carbonyl (C=O) groups is 7. The molecule has 10 N–H and O–H groups in total. The molecule has 4 aromatic heterocycles. The van der Waals surface area contributed by atoms with Gasteiger partial charge in [0.05, 0.1) is 104 Å². The van der Waals surface area contributed by atoms with Gasteiger partial charge in [-0.1, -0.05) is 80.1 Å². The fraction of sp³-hybridized carbons (Fsp3) is 0.685. The lowest BCUT2D eigenvalue weighted by molar-refractivity contribution is -0.796. The number of ether oxygens (including phenoxy) is 12. The van der Waals surface area contributed by atoms with Crippen LogP contribution in [0.15, 0.2) is 76.0 Å². The number of thiophene rings is 2. The van der Waals surface area contributed by atoms with Crippen molar-refractivity contribution in [1.82, 2.24) is 19.8 Å². The number of Topliss-reactive ketones (excluding diaryl/α,β-unsaturated/α-hetero) is 3. The smallest absolute Gasteiger partial charge is 0.387 e. The van der Waals surface area contributed by atoms with E-state index >= 15 is 0 Å². The summed E-state index contributed by atoms with van der Waals surface area (Å²) in [5, 5.41) is 55.4. The summed E-state index contributed by atoms with van der Waals surface area (Å²) in [4.78, 5) is 146. The van der Waals surface area contributed by atoms with Crippen LogP contribution in [0.25, 0.3) is 21.1 Å². The predicted molar refractivity (Wildman–Crippen MR) is 479 cm³/mol. The highest BCUT2D eigenvalue weighted by atomic mass is 32.1. The molecule has 0 aromatic carbocycles. The van der Waals surface area contributed by atoms with Gasteiger partial charge in [0.1, 0.15) is 93.7 Å². The van der Waals surface area contributed by atoms with E-state index in [0.29, 0.717) is 36.8 Å². The number of cyclic esters (lactones) is 2. The third-order valence-corrected chi connectivity index (χ3v) is 26.8. The molecule has 724 valence electrons. The van der Waals surface area contributed by atoms with Gasteiger partial charge in [-0.05, 0) is 171 Å². The van der Waals surface area contributed by atoms with Gasteiger partial charge < -0.3 is 93.2 Å². The van der Waals surface area contributed by atoms with Crippen molar-refractivity contribution in [2.45, 2.75) is 292 Å². The first-order valence-electron chi connectivity index (χ1n) is 43.4. The Morgan fingerprint density at radius 3 is 1.33 bits per heavy atom. The molecule has 0 radical (unpaired) electrons. The predicted octanol–water partition coefficient (Wildman–Crippen LogP) is 9.58. The minimum absolute atomic E-state index is 0. The zero-order chi connectivity index (χ0) is 95.8. The molecule has 10 rings (SSSR count). The molecule has 10 heterocycles. The Morgan fingerprint density at radius 2 is 0.962 bits per heavy atom. The average molecular weight is 1870 g/mol. The van der Waals surface area contributed by atoms with Gasteiger partial charge in [0.25, 0.3) is 0 Å². The number of aliphatic hydroxyl groups is 2. The van der Waals surface area contributed by atoms with E-state index in [0.717, 1.165) is 25.2 Å². The SMILES string of the molecule is C.CC[C@H]1OC(=O)[C@H](C)C(=O)[C@H](C)[C@@H](O[C@@H]2O[C@H](C)C[C@H](N(C)C)[C@H]2OC(C)=O)[C@@]2(C)C[C@@H](C)/C(=N\[N+](=O)O)[C@H](C)[C@@H](OC/C(=N\OCc3ccc(-c4cccc(N)n4)s3)CO2)[C@]1(C)O.CC[C@H]1OC(=O)[C@H](C)C(=O)[C@H](C)[C@@H](O[C@@H]2O[C@H](C)C[C@H](N(C)C)[C@H]2OC(C)=O)[C@@]2(C)C[C@@H](C)/C(=N\[N+](=O)O)[C@H](C)[C@@H](OCC(=O)CO2)[C@]1(C)O.NOCc1ccc(-c2cccc(N)n2)s1. The van der Waals surface area contributed by atoms with Crippen LogP contribution in [0.5, 0.6) is 0 Å². The van der Waals surface area contributed by atoms with E-state index in [9.17, 15) is 64.0 Å². The molecule has 0 saturated carbocycles. The molecule has 6 aliphatic heterocycles. The number of hydrogen-bond donors (Lipinski definition) is 7. The normalized spacial score (nSPS) is 35.0. The van der Waals surface area contributed by atoms with Crippen molar-refractivity contribution in [3.05, 3.63) is 80.2 Å². The third-order valence-electron chi connectivity index (χ3n) is 24.6. The number of likely N-dealkylation sites (N-methyl/N-ethyl adjacent to an activating group) is 2. The summed E-state index contributed by atoms with van der Waals surface area (Å²) in [5.41, 5.74) is 6.52. The molecule has 6 saturated heterocycles. The molecule has 0 aliphatic carbocycles. The number of hydrazone groups is 2. The van der Waals surface area contributed by atoms with Gasteiger partial charge in [0, 0.05) is 59.1 Å². The van der Waals surface area contributed by atoms with Crippen LogP contribution in [0.4, 0.5) is 11.6 Å². The lowest BCUT2D eigenvalue weighted by Gasteiger charge is -2.48. The summed E-state index contributed by atoms with van der Waals surface area (Å²) >= 11 is 3.04. The topological polar surface area (TPSA) is 517 Å². The van der Waals surface area contributed by atoms with Crippen LogP contribution in [0.3, 0.4) is 0 Å². The van der Waals surface area contributed by atoms with Crippen LogP contribution in [-0.4, -0.2) is 272 Å². The van der Waals surface area contributed by atoms with Crippen molar-refractivity contribution >= 4 is 92.7 Å². The number of carbonyl (C=O) groups excluding carboxylic acids is 7. The fourth-order valence-corrected chi connectivity index (χ4v) is 20.0. The van der Waals surface area contributed by atoms with Crippen LogP contribution in [-0.2, 0) is 113 Å². The van der Waals surface area contributed by atoms with Crippen LogP contribution in [0.2, 0.25) is 0 Å². The number of pyridine rings is 2. The maximum Gasteiger partial charge on any atom is 0.387 e. The average Bonchev–Trinajstić information content (AvgIpc) is 0.947. The minimum atomic E-state index is -1.96. The van der Waals surface area contributed by atoms with Crippen molar-refractivity contribution in [2.75, 3.05) is 66.1 Å². The number of esters is 4. The summed E-state index contributed by atoms with van der Waals surface area (Å²) in [6.45, 7) is 27.5. The largest absolute Gasteiger partial charge is 0.459 e. The van der Waals surface area contributed by atoms with Crippen molar-refractivity contribution in [3.63, 3.8) is 0 Å². The maximum atomic E-state index is 14.6. The zero-order valence-corrected chi connectivity index (χ0v) is 79.3. The third kappa shape index (κ3) is 27.5. The van der Waals surface area contributed by atoms with Crippen LogP contribution in [0, 0.1) is 57.2 Å². The van der Waals surface area contributed by atoms with Gasteiger partial charge in [0.15, 0.2) is 48.7 Å². The van der Waals surface area contributed by atoms with Gasteiger partial charge >= 0.3 is 33.9 Å². The fourth-order valence-electron chi connectivity index (χ4n) is 18.2. The Kier molecular flexibility index (Phi) is 39.3. The number of fused-ring (bicyclic) bond motifs is 10. The summed E-state index contributed by atoms with van der Waals surface area (Å²) in [7, 11) is 7.36. The molecule has 4 bridgehead atoms. The van der Waals surface area contributed by atoms with Crippen molar-refractivity contribution < 1.29 is 131 Å². The Labute approximate surface area is 767 Å². The Hall–Kier alpha value is -8.76. The van der Waals surface area contributed by atoms with Gasteiger partial charge in [-0.2, -0.15) is 0 Å². The number of oxime groups is 1. The zero-order valence-electron chi connectivity index (χ0n) is 77.7. The molecule has 0 unspecified atom stereocenters. The molecule has 39 nitrogen and oxygen atoms in total. The quantitative estimate of drug-likeness (QED) is 0.0199. The number of nitrogens with two attached hydrogens (primary N) is 3. The molecular formula is C89H136N12O27S2+2. The van der Waals surface area contributed by atoms with Crippen molar-refractivity contribution in [3.8, 4) is 21.1 Å². The van der Waals surface area contributed by atoms with E-state index in [4.69, 9.17) is 79.0 Å². The highest BCUT2D eigenvalue weighted by Crippen LogP contribution is 2.45. The number of anilines is 2. The lowest BCUT2D eigenvalue weighted by Crippen LogP contribution is -2.60. The van der Waals surface area contributed by atoms with Crippen molar-refractivity contribution in [2.24, 2.45) is 68.6 Å². The number of rotatable bonds is 19. The molecule has 4 aromatic rings. The van der Waals surface area contributed by atoms with Crippen LogP contribution >= 0.6 is 22.7 Å². The molecule has 0 amide bonds. The van der Waals surface area contributed by atoms with E-state index in [1.54, 1.807) is 92.7 Å². The molecular weight excluding hydrogens is 1730 g/mol. The van der Waals surface area contributed by atoms with E-state index in [2.05, 4.69) is 30.2 Å². The monoisotopic (exact) mass is 1870 g/mol. The van der Waals surface area contributed by atoms with E-state index < -0.39 is 196 Å².